The second-order valence-corrected chi connectivity index (χ2v) is 9.46. The summed E-state index contributed by atoms with van der Waals surface area (Å²) in [5.74, 6) is 0.812. The van der Waals surface area contributed by atoms with Crippen molar-refractivity contribution in [2.45, 2.75) is 45.0 Å². The molecule has 1 aliphatic rings. The van der Waals surface area contributed by atoms with E-state index in [-0.39, 0.29) is 10.8 Å². The highest BCUT2D eigenvalue weighted by atomic mass is 32.2. The lowest BCUT2D eigenvalue weighted by Crippen LogP contribution is -2.42. The van der Waals surface area contributed by atoms with E-state index < -0.39 is 11.4 Å². The minimum atomic E-state index is -1.21. The third-order valence-corrected chi connectivity index (χ3v) is 6.34. The van der Waals surface area contributed by atoms with Gasteiger partial charge in [-0.2, -0.15) is 4.98 Å². The van der Waals surface area contributed by atoms with Crippen molar-refractivity contribution in [3.05, 3.63) is 46.8 Å². The Morgan fingerprint density at radius 3 is 2.54 bits per heavy atom. The van der Waals surface area contributed by atoms with Gasteiger partial charge < -0.3 is 14.0 Å². The smallest absolute Gasteiger partial charge is 0.316 e. The highest BCUT2D eigenvalue weighted by molar-refractivity contribution is 7.90. The molecule has 0 N–H and O–H groups in total. The molecule has 6 nitrogen and oxygen atoms in total. The van der Waals surface area contributed by atoms with Gasteiger partial charge in [-0.1, -0.05) is 12.1 Å². The van der Waals surface area contributed by atoms with Crippen LogP contribution in [0.2, 0.25) is 0 Å². The summed E-state index contributed by atoms with van der Waals surface area (Å²) in [6, 6.07) is 6.08. The fraction of sp³-hybridized carbons (Fsp3) is 0.474. The lowest BCUT2D eigenvalue weighted by atomic mass is 9.97. The Morgan fingerprint density at radius 2 is 1.92 bits per heavy atom. The monoisotopic (exact) mass is 375 g/mol. The second kappa shape index (κ2) is 7.06. The molecule has 0 radical (unpaired) electrons. The number of methoxy groups -OCH3 is 2. The van der Waals surface area contributed by atoms with Gasteiger partial charge in [-0.05, 0) is 44.9 Å². The zero-order chi connectivity index (χ0) is 19.1. The van der Waals surface area contributed by atoms with E-state index in [0.29, 0.717) is 12.6 Å². The van der Waals surface area contributed by atoms with Crippen LogP contribution in [-0.4, -0.2) is 37.8 Å². The lowest BCUT2D eigenvalue weighted by Gasteiger charge is -2.34. The molecule has 26 heavy (non-hydrogen) atoms. The molecule has 7 heteroatoms. The molecular formula is C19H25N3O3S. The molecule has 0 amide bonds. The maximum atomic E-state index is 13.3. The maximum absolute atomic E-state index is 13.3. The van der Waals surface area contributed by atoms with Crippen molar-refractivity contribution in [2.75, 3.05) is 14.2 Å². The normalized spacial score (nSPS) is 18.5. The quantitative estimate of drug-likeness (QED) is 0.765. The fourth-order valence-electron chi connectivity index (χ4n) is 3.23. The van der Waals surface area contributed by atoms with E-state index in [0.717, 1.165) is 28.1 Å². The number of hydrogen-bond acceptors (Lipinski definition) is 6. The summed E-state index contributed by atoms with van der Waals surface area (Å²) in [6.45, 7) is 8.45. The zero-order valence-electron chi connectivity index (χ0n) is 16.1. The van der Waals surface area contributed by atoms with E-state index in [1.165, 1.54) is 0 Å². The molecule has 0 aliphatic carbocycles. The Hall–Kier alpha value is -1.83. The molecule has 0 saturated carbocycles. The molecule has 0 spiro atoms. The van der Waals surface area contributed by atoms with E-state index in [1.54, 1.807) is 20.4 Å². The molecule has 1 unspecified atom stereocenters. The van der Waals surface area contributed by atoms with E-state index in [9.17, 15) is 4.55 Å². The van der Waals surface area contributed by atoms with Crippen molar-refractivity contribution in [1.29, 1.82) is 0 Å². The summed E-state index contributed by atoms with van der Waals surface area (Å²) >= 11 is -1.21. The summed E-state index contributed by atoms with van der Waals surface area (Å²) in [6.07, 6.45) is 1.78. The molecule has 2 heterocycles. The molecule has 0 fully saturated rings. The average Bonchev–Trinajstić information content (AvgIpc) is 2.98. The molecule has 0 bridgehead atoms. The fourth-order valence-corrected chi connectivity index (χ4v) is 4.59. The average molecular weight is 375 g/mol. The SMILES string of the molecule is COc1ncc2c(n1)CN([S+]([O-])C(C)(C)C)[C@@H]2c1cccc(OC)c1C. The maximum Gasteiger partial charge on any atom is 0.316 e. The third kappa shape index (κ3) is 3.26. The molecular weight excluding hydrogens is 350 g/mol. The molecule has 2 aromatic rings. The first-order valence-electron chi connectivity index (χ1n) is 8.50. The van der Waals surface area contributed by atoms with Crippen molar-refractivity contribution in [2.24, 2.45) is 0 Å². The summed E-state index contributed by atoms with van der Waals surface area (Å²) < 4.78 is 25.5. The molecule has 3 rings (SSSR count). The van der Waals surface area contributed by atoms with E-state index in [2.05, 4.69) is 16.0 Å². The molecule has 1 aromatic heterocycles. The first kappa shape index (κ1) is 18.9. The number of aromatic nitrogens is 2. The Kier molecular flexibility index (Phi) is 5.14. The van der Waals surface area contributed by atoms with Crippen LogP contribution in [0.4, 0.5) is 0 Å². The summed E-state index contributed by atoms with van der Waals surface area (Å²) in [7, 11) is 3.21. The molecule has 1 aliphatic heterocycles. The van der Waals surface area contributed by atoms with E-state index >= 15 is 0 Å². The van der Waals surface area contributed by atoms with Crippen LogP contribution in [0, 0.1) is 6.92 Å². The first-order valence-corrected chi connectivity index (χ1v) is 9.60. The minimum Gasteiger partial charge on any atom is -0.597 e. The molecule has 140 valence electrons. The lowest BCUT2D eigenvalue weighted by molar-refractivity contribution is 0.364. The van der Waals surface area contributed by atoms with Gasteiger partial charge in [-0.25, -0.2) is 4.98 Å². The van der Waals surface area contributed by atoms with Crippen LogP contribution in [0.15, 0.2) is 24.4 Å². The Morgan fingerprint density at radius 1 is 1.19 bits per heavy atom. The number of hydrogen-bond donors (Lipinski definition) is 0. The van der Waals surface area contributed by atoms with Crippen LogP contribution < -0.4 is 9.47 Å². The predicted octanol–water partition coefficient (Wildman–Crippen LogP) is 3.17. The van der Waals surface area contributed by atoms with Crippen LogP contribution in [0.3, 0.4) is 0 Å². The number of benzene rings is 1. The topological polar surface area (TPSA) is 70.5 Å². The van der Waals surface area contributed by atoms with Gasteiger partial charge in [0, 0.05) is 23.1 Å². The number of ether oxygens (including phenoxy) is 2. The third-order valence-electron chi connectivity index (χ3n) is 4.53. The molecule has 1 aromatic carbocycles. The van der Waals surface area contributed by atoms with Crippen LogP contribution in [0.1, 0.15) is 49.2 Å². The van der Waals surface area contributed by atoms with Crippen molar-refractivity contribution >= 4 is 11.4 Å². The predicted molar refractivity (Wildman–Crippen MR) is 102 cm³/mol. The summed E-state index contributed by atoms with van der Waals surface area (Å²) in [4.78, 5) is 8.78. The van der Waals surface area contributed by atoms with Gasteiger partial charge in [-0.15, -0.1) is 4.31 Å². The highest BCUT2D eigenvalue weighted by Crippen LogP contribution is 2.44. The van der Waals surface area contributed by atoms with E-state index in [4.69, 9.17) is 9.47 Å². The second-order valence-electron chi connectivity index (χ2n) is 7.27. The van der Waals surface area contributed by atoms with Crippen molar-refractivity contribution in [3.63, 3.8) is 0 Å². The van der Waals surface area contributed by atoms with Crippen LogP contribution in [0.25, 0.3) is 0 Å². The van der Waals surface area contributed by atoms with E-state index in [1.807, 2.05) is 44.1 Å². The van der Waals surface area contributed by atoms with Gasteiger partial charge >= 0.3 is 6.01 Å². The summed E-state index contributed by atoms with van der Waals surface area (Å²) in [5.41, 5.74) is 3.88. The van der Waals surface area contributed by atoms with Gasteiger partial charge in [0.05, 0.1) is 26.5 Å². The highest BCUT2D eigenvalue weighted by Gasteiger charge is 2.45. The van der Waals surface area contributed by atoms with Gasteiger partial charge in [0.25, 0.3) is 0 Å². The van der Waals surface area contributed by atoms with Crippen LogP contribution in [0.5, 0.6) is 11.8 Å². The molecule has 0 saturated heterocycles. The number of rotatable bonds is 4. The molecule has 2 atom stereocenters. The van der Waals surface area contributed by atoms with Crippen molar-refractivity contribution in [3.8, 4) is 11.8 Å². The summed E-state index contributed by atoms with van der Waals surface area (Å²) in [5, 5.41) is 0. The first-order chi connectivity index (χ1) is 12.3. The number of nitrogens with zero attached hydrogens (tertiary/aromatic N) is 3. The van der Waals surface area contributed by atoms with Crippen molar-refractivity contribution in [1.82, 2.24) is 14.3 Å². The van der Waals surface area contributed by atoms with Gasteiger partial charge in [-0.3, -0.25) is 0 Å². The Bertz CT molecular complexity index is 807. The van der Waals surface area contributed by atoms with Crippen molar-refractivity contribution < 1.29 is 14.0 Å². The Balaban J connectivity index is 2.15. The van der Waals surface area contributed by atoms with Crippen LogP contribution in [-0.2, 0) is 17.9 Å². The largest absolute Gasteiger partial charge is 0.597 e. The minimum absolute atomic E-state index is 0.189. The van der Waals surface area contributed by atoms with Crippen LogP contribution >= 0.6 is 0 Å². The zero-order valence-corrected chi connectivity index (χ0v) is 16.9. The standard InChI is InChI=1S/C19H25N3O3S/c1-12-13(8-7-9-16(12)24-5)17-14-10-20-18(25-6)21-15(14)11-22(17)26(23)19(2,3)4/h7-10,17H,11H2,1-6H3/t17-,26?/m1/s1. The number of fused-ring (bicyclic) bond motifs is 1. The van der Waals surface area contributed by atoms with Gasteiger partial charge in [0.1, 0.15) is 16.5 Å². The van der Waals surface area contributed by atoms with Gasteiger partial charge in [0.15, 0.2) is 0 Å². The Labute approximate surface area is 157 Å². The van der Waals surface area contributed by atoms with Gasteiger partial charge in [0.2, 0.25) is 0 Å².